The molecular formula is C24H24F3N3O3S. The Balaban J connectivity index is 0.000000344. The van der Waals surface area contributed by atoms with Gasteiger partial charge in [-0.1, -0.05) is 35.9 Å². The van der Waals surface area contributed by atoms with Gasteiger partial charge < -0.3 is 14.6 Å². The number of aromatic nitrogens is 1. The van der Waals surface area contributed by atoms with Crippen molar-refractivity contribution in [2.24, 2.45) is 0 Å². The van der Waals surface area contributed by atoms with E-state index in [-0.39, 0.29) is 11.9 Å². The van der Waals surface area contributed by atoms with Gasteiger partial charge in [-0.2, -0.15) is 13.2 Å². The van der Waals surface area contributed by atoms with Crippen LogP contribution in [0.5, 0.6) is 0 Å². The first-order chi connectivity index (χ1) is 16.1. The molecule has 0 radical (unpaired) electrons. The maximum absolute atomic E-state index is 13.1. The molecule has 0 saturated carbocycles. The number of carbonyl (C=O) groups is 2. The lowest BCUT2D eigenvalue weighted by molar-refractivity contribution is -0.192. The third kappa shape index (κ3) is 5.18. The van der Waals surface area contributed by atoms with Crippen molar-refractivity contribution in [2.75, 3.05) is 13.1 Å². The summed E-state index contributed by atoms with van der Waals surface area (Å²) in [6.07, 6.45) is -3.01. The van der Waals surface area contributed by atoms with E-state index in [4.69, 9.17) is 9.90 Å². The SMILES string of the molecule is Cc1cccc(CN2CC3C(C2)n2cccc2C(=O)N3Cc2cccs2)c1.O=C(O)C(F)(F)F. The number of fused-ring (bicyclic) bond motifs is 3. The summed E-state index contributed by atoms with van der Waals surface area (Å²) in [6.45, 7) is 5.69. The second kappa shape index (κ2) is 9.63. The van der Waals surface area contributed by atoms with Crippen molar-refractivity contribution in [3.05, 3.63) is 81.8 Å². The predicted octanol–water partition coefficient (Wildman–Crippen LogP) is 4.57. The molecular weight excluding hydrogens is 467 g/mol. The second-order valence-corrected chi connectivity index (χ2v) is 9.47. The lowest BCUT2D eigenvalue weighted by Crippen LogP contribution is -2.49. The Morgan fingerprint density at radius 1 is 1.09 bits per heavy atom. The maximum Gasteiger partial charge on any atom is 0.490 e. The Kier molecular flexibility index (Phi) is 6.81. The fourth-order valence-electron chi connectivity index (χ4n) is 4.55. The molecule has 5 rings (SSSR count). The summed E-state index contributed by atoms with van der Waals surface area (Å²) in [5, 5.41) is 9.21. The first-order valence-electron chi connectivity index (χ1n) is 10.7. The molecule has 1 saturated heterocycles. The van der Waals surface area contributed by atoms with Gasteiger partial charge in [-0.15, -0.1) is 11.3 Å². The number of carboxylic acids is 1. The summed E-state index contributed by atoms with van der Waals surface area (Å²) < 4.78 is 33.9. The third-order valence-electron chi connectivity index (χ3n) is 5.99. The van der Waals surface area contributed by atoms with Crippen LogP contribution in [0.1, 0.15) is 32.5 Å². The van der Waals surface area contributed by atoms with E-state index in [1.807, 2.05) is 12.1 Å². The fourth-order valence-corrected chi connectivity index (χ4v) is 5.25. The Morgan fingerprint density at radius 3 is 2.47 bits per heavy atom. The highest BCUT2D eigenvalue weighted by Gasteiger charge is 2.44. The van der Waals surface area contributed by atoms with Gasteiger partial charge in [0, 0.05) is 30.7 Å². The summed E-state index contributed by atoms with van der Waals surface area (Å²) in [4.78, 5) is 27.9. The van der Waals surface area contributed by atoms with E-state index in [0.717, 1.165) is 25.3 Å². The monoisotopic (exact) mass is 491 g/mol. The molecule has 10 heteroatoms. The van der Waals surface area contributed by atoms with Gasteiger partial charge in [0.2, 0.25) is 0 Å². The zero-order valence-corrected chi connectivity index (χ0v) is 19.2. The first-order valence-corrected chi connectivity index (χ1v) is 11.6. The number of benzene rings is 1. The van der Waals surface area contributed by atoms with Crippen LogP contribution in [0.15, 0.2) is 60.1 Å². The Morgan fingerprint density at radius 2 is 1.82 bits per heavy atom. The molecule has 0 aliphatic carbocycles. The van der Waals surface area contributed by atoms with Gasteiger partial charge in [0.25, 0.3) is 5.91 Å². The summed E-state index contributed by atoms with van der Waals surface area (Å²) in [5.41, 5.74) is 3.47. The van der Waals surface area contributed by atoms with Gasteiger partial charge in [0.05, 0.1) is 18.6 Å². The lowest BCUT2D eigenvalue weighted by atomic mass is 10.1. The quantitative estimate of drug-likeness (QED) is 0.581. The number of aliphatic carboxylic acids is 1. The zero-order chi connectivity index (χ0) is 24.5. The summed E-state index contributed by atoms with van der Waals surface area (Å²) in [7, 11) is 0. The van der Waals surface area contributed by atoms with Crippen molar-refractivity contribution in [2.45, 2.75) is 38.3 Å². The summed E-state index contributed by atoms with van der Waals surface area (Å²) in [6, 6.07) is 17.4. The number of carbonyl (C=O) groups excluding carboxylic acids is 1. The zero-order valence-electron chi connectivity index (χ0n) is 18.4. The molecule has 1 amide bonds. The number of hydrogen-bond donors (Lipinski definition) is 1. The number of carboxylic acid groups (broad SMARTS) is 1. The standard InChI is InChI=1S/C22H23N3OS.C2HF3O2/c1-16-5-2-6-17(11-16)12-23-14-20-21(15-23)25(13-18-7-4-10-27-18)22(26)19-8-3-9-24(19)20;3-2(4,5)1(6)7/h2-11,20-21H,12-15H2,1H3;(H,6,7). The average Bonchev–Trinajstić information content (AvgIpc) is 3.51. The molecule has 4 heterocycles. The topological polar surface area (TPSA) is 65.8 Å². The molecule has 6 nitrogen and oxygen atoms in total. The lowest BCUT2D eigenvalue weighted by Gasteiger charge is -2.38. The van der Waals surface area contributed by atoms with Crippen molar-refractivity contribution in [3.63, 3.8) is 0 Å². The maximum atomic E-state index is 13.1. The number of halogens is 3. The van der Waals surface area contributed by atoms with Crippen LogP contribution in [0.4, 0.5) is 13.2 Å². The second-order valence-electron chi connectivity index (χ2n) is 8.43. The van der Waals surface area contributed by atoms with Crippen molar-refractivity contribution >= 4 is 23.2 Å². The number of alkyl halides is 3. The van der Waals surface area contributed by atoms with Crippen molar-refractivity contribution in [1.29, 1.82) is 0 Å². The van der Waals surface area contributed by atoms with Crippen LogP contribution in [0.25, 0.3) is 0 Å². The molecule has 1 aromatic carbocycles. The molecule has 34 heavy (non-hydrogen) atoms. The van der Waals surface area contributed by atoms with Gasteiger partial charge in [0.1, 0.15) is 5.69 Å². The summed E-state index contributed by atoms with van der Waals surface area (Å²) in [5.74, 6) is -2.60. The van der Waals surface area contributed by atoms with Crippen molar-refractivity contribution in [3.8, 4) is 0 Å². The van der Waals surface area contributed by atoms with Crippen LogP contribution in [0, 0.1) is 6.92 Å². The van der Waals surface area contributed by atoms with E-state index in [2.05, 4.69) is 69.3 Å². The molecule has 1 N–H and O–H groups in total. The number of thiophene rings is 1. The molecule has 2 aliphatic rings. The highest BCUT2D eigenvalue weighted by Crippen LogP contribution is 2.35. The number of amides is 1. The highest BCUT2D eigenvalue weighted by atomic mass is 32.1. The van der Waals surface area contributed by atoms with Crippen LogP contribution >= 0.6 is 11.3 Å². The summed E-state index contributed by atoms with van der Waals surface area (Å²) >= 11 is 1.73. The molecule has 1 fully saturated rings. The van der Waals surface area contributed by atoms with Crippen LogP contribution in [-0.2, 0) is 17.9 Å². The van der Waals surface area contributed by atoms with Crippen LogP contribution in [0.3, 0.4) is 0 Å². The first kappa shape index (κ1) is 24.0. The molecule has 180 valence electrons. The van der Waals surface area contributed by atoms with Crippen molar-refractivity contribution < 1.29 is 27.9 Å². The van der Waals surface area contributed by atoms with E-state index >= 15 is 0 Å². The number of rotatable bonds is 4. The molecule has 2 unspecified atom stereocenters. The van der Waals surface area contributed by atoms with Gasteiger partial charge >= 0.3 is 12.1 Å². The number of nitrogens with zero attached hydrogens (tertiary/aromatic N) is 3. The van der Waals surface area contributed by atoms with E-state index in [9.17, 15) is 18.0 Å². The van der Waals surface area contributed by atoms with E-state index in [1.54, 1.807) is 11.3 Å². The van der Waals surface area contributed by atoms with Crippen LogP contribution < -0.4 is 0 Å². The largest absolute Gasteiger partial charge is 0.490 e. The number of hydrogen-bond acceptors (Lipinski definition) is 4. The van der Waals surface area contributed by atoms with Gasteiger partial charge in [0.15, 0.2) is 0 Å². The minimum atomic E-state index is -5.08. The van der Waals surface area contributed by atoms with Crippen LogP contribution in [0.2, 0.25) is 0 Å². The minimum absolute atomic E-state index is 0.159. The average molecular weight is 492 g/mol. The van der Waals surface area contributed by atoms with Crippen LogP contribution in [-0.4, -0.2) is 56.7 Å². The van der Waals surface area contributed by atoms with Gasteiger partial charge in [-0.3, -0.25) is 9.69 Å². The molecule has 2 atom stereocenters. The number of likely N-dealkylation sites (tertiary alicyclic amines) is 1. The van der Waals surface area contributed by atoms with E-state index < -0.39 is 12.1 Å². The van der Waals surface area contributed by atoms with Gasteiger partial charge in [-0.05, 0) is 36.1 Å². The highest BCUT2D eigenvalue weighted by molar-refractivity contribution is 7.09. The molecule has 0 bridgehead atoms. The molecule has 3 aromatic rings. The normalized spacial score (nSPS) is 19.9. The number of aryl methyl sites for hydroxylation is 1. The molecule has 0 spiro atoms. The predicted molar refractivity (Wildman–Crippen MR) is 122 cm³/mol. The third-order valence-corrected chi connectivity index (χ3v) is 6.85. The van der Waals surface area contributed by atoms with E-state index in [1.165, 1.54) is 16.0 Å². The van der Waals surface area contributed by atoms with Gasteiger partial charge in [-0.25, -0.2) is 4.79 Å². The fraction of sp³-hybridized carbons (Fsp3) is 0.333. The molecule has 2 aliphatic heterocycles. The minimum Gasteiger partial charge on any atom is -0.475 e. The smallest absolute Gasteiger partial charge is 0.475 e. The Hall–Kier alpha value is -3.11. The molecule has 2 aromatic heterocycles. The van der Waals surface area contributed by atoms with E-state index in [0.29, 0.717) is 12.6 Å². The Bertz CT molecular complexity index is 1160. The Labute approximate surface area is 198 Å². The van der Waals surface area contributed by atoms with Crippen molar-refractivity contribution in [1.82, 2.24) is 14.4 Å².